The predicted octanol–water partition coefficient (Wildman–Crippen LogP) is 3.68. The first-order valence-electron chi connectivity index (χ1n) is 7.52. The lowest BCUT2D eigenvalue weighted by Crippen LogP contribution is -2.11. The highest BCUT2D eigenvalue weighted by atomic mass is 32.1. The Labute approximate surface area is 144 Å². The lowest BCUT2D eigenvalue weighted by Gasteiger charge is -2.04. The molecule has 1 aromatic carbocycles. The van der Waals surface area contributed by atoms with Gasteiger partial charge in [-0.15, -0.1) is 11.3 Å². The molecule has 24 heavy (non-hydrogen) atoms. The third-order valence-electron chi connectivity index (χ3n) is 3.59. The smallest absolute Gasteiger partial charge is 0.348 e. The van der Waals surface area contributed by atoms with E-state index in [2.05, 4.69) is 5.32 Å². The van der Waals surface area contributed by atoms with E-state index in [-0.39, 0.29) is 5.91 Å². The van der Waals surface area contributed by atoms with E-state index in [0.717, 1.165) is 17.8 Å². The van der Waals surface area contributed by atoms with Crippen LogP contribution in [0.15, 0.2) is 30.3 Å². The van der Waals surface area contributed by atoms with Crippen LogP contribution in [0.5, 0.6) is 0 Å². The summed E-state index contributed by atoms with van der Waals surface area (Å²) in [5.41, 5.74) is 2.04. The van der Waals surface area contributed by atoms with Gasteiger partial charge in [-0.1, -0.05) is 30.3 Å². The second-order valence-corrected chi connectivity index (χ2v) is 6.27. The molecule has 0 aliphatic heterocycles. The van der Waals surface area contributed by atoms with E-state index in [1.165, 1.54) is 12.7 Å². The van der Waals surface area contributed by atoms with Crippen molar-refractivity contribution in [2.24, 2.45) is 0 Å². The SMILES string of the molecule is COC(=O)c1sc(NC(=O)CCCc2ccccc2)c(C#N)c1C. The molecule has 0 radical (unpaired) electrons. The van der Waals surface area contributed by atoms with E-state index in [1.807, 2.05) is 36.4 Å². The van der Waals surface area contributed by atoms with Gasteiger partial charge in [-0.2, -0.15) is 5.26 Å². The maximum atomic E-state index is 12.1. The zero-order valence-electron chi connectivity index (χ0n) is 13.6. The number of benzene rings is 1. The van der Waals surface area contributed by atoms with Crippen LogP contribution in [0.3, 0.4) is 0 Å². The number of thiophene rings is 1. The number of anilines is 1. The number of rotatable bonds is 6. The fourth-order valence-electron chi connectivity index (χ4n) is 2.31. The minimum atomic E-state index is -0.501. The highest BCUT2D eigenvalue weighted by molar-refractivity contribution is 7.18. The molecular formula is C18H18N2O3S. The van der Waals surface area contributed by atoms with Crippen LogP contribution in [0.4, 0.5) is 5.00 Å². The standard InChI is InChI=1S/C18H18N2O3S/c1-12-14(11-19)17(24-16(12)18(22)23-2)20-15(21)10-6-9-13-7-4-3-5-8-13/h3-5,7-8H,6,9-10H2,1-2H3,(H,20,21). The summed E-state index contributed by atoms with van der Waals surface area (Å²) in [6, 6.07) is 12.0. The average molecular weight is 342 g/mol. The molecule has 124 valence electrons. The molecule has 2 aromatic rings. The summed E-state index contributed by atoms with van der Waals surface area (Å²) in [5.74, 6) is -0.668. The van der Waals surface area contributed by atoms with Gasteiger partial charge in [-0.3, -0.25) is 4.79 Å². The minimum Gasteiger partial charge on any atom is -0.465 e. The van der Waals surface area contributed by atoms with E-state index < -0.39 is 5.97 Å². The van der Waals surface area contributed by atoms with Gasteiger partial charge in [0.1, 0.15) is 15.9 Å². The highest BCUT2D eigenvalue weighted by Gasteiger charge is 2.21. The van der Waals surface area contributed by atoms with E-state index in [4.69, 9.17) is 4.74 Å². The molecule has 0 saturated carbocycles. The second kappa shape index (κ2) is 8.27. The van der Waals surface area contributed by atoms with Crippen LogP contribution in [0.2, 0.25) is 0 Å². The number of hydrogen-bond donors (Lipinski definition) is 1. The number of amides is 1. The number of hydrogen-bond acceptors (Lipinski definition) is 5. The molecule has 0 spiro atoms. The van der Waals surface area contributed by atoms with Gasteiger partial charge in [0.25, 0.3) is 0 Å². The van der Waals surface area contributed by atoms with Gasteiger partial charge in [0.15, 0.2) is 0 Å². The Morgan fingerprint density at radius 3 is 2.62 bits per heavy atom. The quantitative estimate of drug-likeness (QED) is 0.812. The van der Waals surface area contributed by atoms with E-state index in [9.17, 15) is 14.9 Å². The summed E-state index contributed by atoms with van der Waals surface area (Å²) in [7, 11) is 1.29. The molecule has 0 aliphatic rings. The first kappa shape index (κ1) is 17.7. The van der Waals surface area contributed by atoms with E-state index in [0.29, 0.717) is 33.8 Å². The topological polar surface area (TPSA) is 79.2 Å². The molecule has 0 unspecified atom stereocenters. The number of ether oxygens (including phenoxy) is 1. The molecule has 1 N–H and O–H groups in total. The molecule has 1 amide bonds. The number of nitrogens with one attached hydrogen (secondary N) is 1. The van der Waals surface area contributed by atoms with Crippen LogP contribution in [-0.2, 0) is 16.0 Å². The van der Waals surface area contributed by atoms with Gasteiger partial charge >= 0.3 is 5.97 Å². The first-order chi connectivity index (χ1) is 11.6. The van der Waals surface area contributed by atoms with Gasteiger partial charge in [-0.25, -0.2) is 4.79 Å². The van der Waals surface area contributed by atoms with Crippen molar-refractivity contribution < 1.29 is 14.3 Å². The zero-order chi connectivity index (χ0) is 17.5. The maximum Gasteiger partial charge on any atom is 0.348 e. The molecule has 0 saturated heterocycles. The van der Waals surface area contributed by atoms with Crippen LogP contribution >= 0.6 is 11.3 Å². The molecule has 0 aliphatic carbocycles. The summed E-state index contributed by atoms with van der Waals surface area (Å²) in [6.45, 7) is 1.67. The predicted molar refractivity (Wildman–Crippen MR) is 93.1 cm³/mol. The van der Waals surface area contributed by atoms with Crippen molar-refractivity contribution in [3.8, 4) is 6.07 Å². The Hall–Kier alpha value is -2.65. The van der Waals surface area contributed by atoms with E-state index in [1.54, 1.807) is 6.92 Å². The lowest BCUT2D eigenvalue weighted by atomic mass is 10.1. The van der Waals surface area contributed by atoms with Crippen LogP contribution in [-0.4, -0.2) is 19.0 Å². The molecule has 6 heteroatoms. The molecule has 1 aromatic heterocycles. The number of nitriles is 1. The molecule has 0 bridgehead atoms. The van der Waals surface area contributed by atoms with Crippen molar-refractivity contribution in [2.75, 3.05) is 12.4 Å². The number of nitrogens with zero attached hydrogens (tertiary/aromatic N) is 1. The van der Waals surface area contributed by atoms with Gasteiger partial charge in [0.2, 0.25) is 5.91 Å². The molecule has 0 fully saturated rings. The van der Waals surface area contributed by atoms with Crippen molar-refractivity contribution in [2.45, 2.75) is 26.2 Å². The van der Waals surface area contributed by atoms with Gasteiger partial charge in [-0.05, 0) is 30.9 Å². The first-order valence-corrected chi connectivity index (χ1v) is 8.34. The lowest BCUT2D eigenvalue weighted by molar-refractivity contribution is -0.116. The van der Waals surface area contributed by atoms with Gasteiger partial charge in [0.05, 0.1) is 12.7 Å². The second-order valence-electron chi connectivity index (χ2n) is 5.25. The molecule has 1 heterocycles. The Kier molecular flexibility index (Phi) is 6.10. The van der Waals surface area contributed by atoms with Gasteiger partial charge in [0, 0.05) is 6.42 Å². The summed E-state index contributed by atoms with van der Waals surface area (Å²) < 4.78 is 4.70. The maximum absolute atomic E-state index is 12.1. The largest absolute Gasteiger partial charge is 0.465 e. The zero-order valence-corrected chi connectivity index (χ0v) is 14.4. The third kappa shape index (κ3) is 4.21. The van der Waals surface area contributed by atoms with Crippen molar-refractivity contribution >= 4 is 28.2 Å². The number of carbonyl (C=O) groups is 2. The Morgan fingerprint density at radius 1 is 1.29 bits per heavy atom. The normalized spacial score (nSPS) is 10.0. The number of carbonyl (C=O) groups excluding carboxylic acids is 2. The number of methoxy groups -OCH3 is 1. The van der Waals surface area contributed by atoms with Crippen LogP contribution < -0.4 is 5.32 Å². The Morgan fingerprint density at radius 2 is 2.00 bits per heavy atom. The average Bonchev–Trinajstić information content (AvgIpc) is 2.90. The van der Waals surface area contributed by atoms with Crippen molar-refractivity contribution in [3.05, 3.63) is 51.9 Å². The Bertz CT molecular complexity index is 776. The monoisotopic (exact) mass is 342 g/mol. The van der Waals surface area contributed by atoms with Crippen LogP contribution in [0.25, 0.3) is 0 Å². The Balaban J connectivity index is 1.98. The molecule has 0 atom stereocenters. The summed E-state index contributed by atoms with van der Waals surface area (Å²) in [4.78, 5) is 24.1. The number of esters is 1. The highest BCUT2D eigenvalue weighted by Crippen LogP contribution is 2.33. The molecule has 5 nitrogen and oxygen atoms in total. The summed E-state index contributed by atoms with van der Waals surface area (Å²) in [5, 5.41) is 12.4. The molecule has 2 rings (SSSR count). The van der Waals surface area contributed by atoms with Crippen LogP contribution in [0.1, 0.15) is 39.2 Å². The third-order valence-corrected chi connectivity index (χ3v) is 4.78. The summed E-state index contributed by atoms with van der Waals surface area (Å²) in [6.07, 6.45) is 1.88. The molecular weight excluding hydrogens is 324 g/mol. The van der Waals surface area contributed by atoms with Gasteiger partial charge < -0.3 is 10.1 Å². The number of aryl methyl sites for hydroxylation is 1. The minimum absolute atomic E-state index is 0.167. The fourth-order valence-corrected chi connectivity index (χ4v) is 3.40. The summed E-state index contributed by atoms with van der Waals surface area (Å²) >= 11 is 1.07. The van der Waals surface area contributed by atoms with Crippen molar-refractivity contribution in [1.29, 1.82) is 5.26 Å². The van der Waals surface area contributed by atoms with E-state index >= 15 is 0 Å². The fraction of sp³-hybridized carbons (Fsp3) is 0.278. The van der Waals surface area contributed by atoms with Crippen LogP contribution in [0, 0.1) is 18.3 Å². The van der Waals surface area contributed by atoms with Crippen molar-refractivity contribution in [3.63, 3.8) is 0 Å². The van der Waals surface area contributed by atoms with Crippen molar-refractivity contribution in [1.82, 2.24) is 0 Å².